The SMILES string of the molecule is CC(C)CC(=O)/C=C(\O)C(C)(C)C.CC(C)CC(=O)/C=C(\O)C(C)(C)C.CC(C)CC(=O)/C=C(\O)C(C)(C)C.[Cr]. The second-order valence-corrected chi connectivity index (χ2v) is 14.5. The van der Waals surface area contributed by atoms with Crippen LogP contribution in [0, 0.1) is 34.0 Å². The third kappa shape index (κ3) is 27.7. The Bertz CT molecular complexity index is 741. The summed E-state index contributed by atoms with van der Waals surface area (Å²) in [6.45, 7) is 28.8. The number of allylic oxidation sites excluding steroid dienone is 6. The molecular weight excluding hydrogens is 544 g/mol. The van der Waals surface area contributed by atoms with Crippen molar-refractivity contribution in [1.82, 2.24) is 0 Å². The third-order valence-corrected chi connectivity index (χ3v) is 5.03. The van der Waals surface area contributed by atoms with E-state index in [1.165, 1.54) is 18.2 Å². The van der Waals surface area contributed by atoms with Crippen LogP contribution in [0.2, 0.25) is 0 Å². The summed E-state index contributed by atoms with van der Waals surface area (Å²) in [6.07, 6.45) is 5.54. The minimum atomic E-state index is -0.327. The standard InChI is InChI=1S/3C11H20O2.Cr/c3*1-8(2)6-9(12)7-10(13)11(3,4)5;/h3*7-8,13H,6H2,1-5H3;/b3*10-7-;. The number of carbonyl (C=O) groups is 3. The van der Waals surface area contributed by atoms with Crippen molar-refractivity contribution in [2.75, 3.05) is 0 Å². The zero-order valence-corrected chi connectivity index (χ0v) is 29.3. The molecule has 0 fully saturated rings. The fourth-order valence-electron chi connectivity index (χ4n) is 2.49. The van der Waals surface area contributed by atoms with Crippen LogP contribution < -0.4 is 0 Å². The van der Waals surface area contributed by atoms with E-state index in [0.29, 0.717) is 37.0 Å². The van der Waals surface area contributed by atoms with Gasteiger partial charge in [0, 0.05) is 71.1 Å². The fourth-order valence-corrected chi connectivity index (χ4v) is 2.49. The number of hydrogen-bond donors (Lipinski definition) is 3. The van der Waals surface area contributed by atoms with E-state index in [1.807, 2.05) is 104 Å². The Morgan fingerprint density at radius 1 is 0.475 bits per heavy atom. The van der Waals surface area contributed by atoms with Gasteiger partial charge in [-0.1, -0.05) is 104 Å². The first-order valence-electron chi connectivity index (χ1n) is 14.0. The van der Waals surface area contributed by atoms with E-state index in [9.17, 15) is 29.7 Å². The Morgan fingerprint density at radius 2 is 0.625 bits per heavy atom. The number of ketones is 3. The van der Waals surface area contributed by atoms with Crippen LogP contribution in [0.15, 0.2) is 35.5 Å². The van der Waals surface area contributed by atoms with Crippen molar-refractivity contribution in [1.29, 1.82) is 0 Å². The molecule has 0 aliphatic heterocycles. The molecule has 0 unspecified atom stereocenters. The van der Waals surface area contributed by atoms with Crippen molar-refractivity contribution in [2.45, 2.75) is 123 Å². The minimum Gasteiger partial charge on any atom is -0.512 e. The molecular formula is C33H60CrO6. The van der Waals surface area contributed by atoms with Crippen LogP contribution in [0.25, 0.3) is 0 Å². The summed E-state index contributed by atoms with van der Waals surface area (Å²) in [5, 5.41) is 28.5. The van der Waals surface area contributed by atoms with Gasteiger partial charge in [-0.25, -0.2) is 0 Å². The monoisotopic (exact) mass is 604 g/mol. The van der Waals surface area contributed by atoms with E-state index in [2.05, 4.69) is 0 Å². The molecule has 0 rings (SSSR count). The van der Waals surface area contributed by atoms with Crippen LogP contribution in [0.4, 0.5) is 0 Å². The number of hydrogen-bond acceptors (Lipinski definition) is 6. The molecule has 234 valence electrons. The zero-order chi connectivity index (χ0) is 31.9. The van der Waals surface area contributed by atoms with E-state index in [1.54, 1.807) is 0 Å². The molecule has 0 aromatic carbocycles. The number of aliphatic hydroxyl groups is 3. The van der Waals surface area contributed by atoms with Crippen LogP contribution in [-0.4, -0.2) is 32.7 Å². The van der Waals surface area contributed by atoms with Crippen molar-refractivity contribution >= 4 is 17.3 Å². The normalized spacial score (nSPS) is 13.2. The summed E-state index contributed by atoms with van der Waals surface area (Å²) in [4.78, 5) is 33.8. The molecule has 0 atom stereocenters. The molecule has 0 bridgehead atoms. The molecule has 0 aromatic rings. The summed E-state index contributed by atoms with van der Waals surface area (Å²) < 4.78 is 0. The van der Waals surface area contributed by atoms with E-state index in [4.69, 9.17) is 0 Å². The minimum absolute atomic E-state index is 0. The molecule has 0 aromatic heterocycles. The van der Waals surface area contributed by atoms with Gasteiger partial charge in [-0.05, 0) is 17.8 Å². The van der Waals surface area contributed by atoms with Crippen molar-refractivity contribution in [2.24, 2.45) is 34.0 Å². The number of aliphatic hydroxyl groups excluding tert-OH is 3. The van der Waals surface area contributed by atoms with Crippen LogP contribution in [0.3, 0.4) is 0 Å². The summed E-state index contributed by atoms with van der Waals surface area (Å²) >= 11 is 0. The molecule has 7 heteroatoms. The first-order valence-corrected chi connectivity index (χ1v) is 14.0. The van der Waals surface area contributed by atoms with Crippen LogP contribution >= 0.6 is 0 Å². The maximum absolute atomic E-state index is 11.3. The predicted octanol–water partition coefficient (Wildman–Crippen LogP) is 9.27. The van der Waals surface area contributed by atoms with Crippen LogP contribution in [0.5, 0.6) is 0 Å². The Hall–Kier alpha value is -1.84. The smallest absolute Gasteiger partial charge is 0.159 e. The summed E-state index contributed by atoms with van der Waals surface area (Å²) in [6, 6.07) is 0. The second kappa shape index (κ2) is 20.1. The first-order chi connectivity index (χ1) is 17.2. The molecule has 6 nitrogen and oxygen atoms in total. The van der Waals surface area contributed by atoms with Gasteiger partial charge in [0.05, 0.1) is 0 Å². The number of rotatable bonds is 9. The average Bonchev–Trinajstić information content (AvgIpc) is 2.64. The van der Waals surface area contributed by atoms with Crippen molar-refractivity contribution < 1.29 is 47.1 Å². The van der Waals surface area contributed by atoms with E-state index >= 15 is 0 Å². The van der Waals surface area contributed by atoms with Gasteiger partial charge in [0.15, 0.2) is 17.3 Å². The van der Waals surface area contributed by atoms with Gasteiger partial charge in [-0.3, -0.25) is 14.4 Å². The predicted molar refractivity (Wildman–Crippen MR) is 164 cm³/mol. The van der Waals surface area contributed by atoms with E-state index in [-0.39, 0.29) is 68.2 Å². The third-order valence-electron chi connectivity index (χ3n) is 5.03. The Balaban J connectivity index is -0.000000240. The molecule has 0 radical (unpaired) electrons. The van der Waals surface area contributed by atoms with E-state index in [0.717, 1.165) is 0 Å². The fraction of sp³-hybridized carbons (Fsp3) is 0.727. The van der Waals surface area contributed by atoms with Gasteiger partial charge in [-0.15, -0.1) is 0 Å². The maximum Gasteiger partial charge on any atom is 0.159 e. The van der Waals surface area contributed by atoms with Gasteiger partial charge in [-0.2, -0.15) is 0 Å². The quantitative estimate of drug-likeness (QED) is 0.179. The van der Waals surface area contributed by atoms with Crippen LogP contribution in [-0.2, 0) is 31.7 Å². The molecule has 3 N–H and O–H groups in total. The Morgan fingerprint density at radius 3 is 0.725 bits per heavy atom. The summed E-state index contributed by atoms with van der Waals surface area (Å²) in [5.74, 6) is 1.53. The molecule has 40 heavy (non-hydrogen) atoms. The van der Waals surface area contributed by atoms with Crippen molar-refractivity contribution in [3.63, 3.8) is 0 Å². The molecule has 0 aliphatic carbocycles. The second-order valence-electron chi connectivity index (χ2n) is 14.5. The summed E-state index contributed by atoms with van der Waals surface area (Å²) in [7, 11) is 0. The van der Waals surface area contributed by atoms with Crippen molar-refractivity contribution in [3.8, 4) is 0 Å². The Labute approximate surface area is 256 Å². The first kappa shape index (κ1) is 45.2. The molecule has 0 spiro atoms. The van der Waals surface area contributed by atoms with Gasteiger partial charge >= 0.3 is 0 Å². The van der Waals surface area contributed by atoms with Crippen molar-refractivity contribution in [3.05, 3.63) is 35.5 Å². The Kier molecular flexibility index (Phi) is 22.7. The molecule has 0 aliphatic rings. The zero-order valence-electron chi connectivity index (χ0n) is 28.1. The maximum atomic E-state index is 11.3. The van der Waals surface area contributed by atoms with Gasteiger partial charge in [0.25, 0.3) is 0 Å². The molecule has 0 saturated heterocycles. The van der Waals surface area contributed by atoms with Crippen LogP contribution in [0.1, 0.15) is 123 Å². The number of carbonyl (C=O) groups excluding carboxylic acids is 3. The molecule has 0 amide bonds. The van der Waals surface area contributed by atoms with Gasteiger partial charge in [0.2, 0.25) is 0 Å². The van der Waals surface area contributed by atoms with Gasteiger partial charge < -0.3 is 15.3 Å². The molecule has 0 saturated carbocycles. The largest absolute Gasteiger partial charge is 0.512 e. The average molecular weight is 605 g/mol. The van der Waals surface area contributed by atoms with Gasteiger partial charge in [0.1, 0.15) is 17.3 Å². The molecule has 0 heterocycles. The van der Waals surface area contributed by atoms with E-state index < -0.39 is 0 Å². The topological polar surface area (TPSA) is 112 Å². The summed E-state index contributed by atoms with van der Waals surface area (Å²) in [5.41, 5.74) is -0.980.